The van der Waals surface area contributed by atoms with Crippen molar-refractivity contribution < 1.29 is 14.3 Å². The number of esters is 1. The number of fused-ring (bicyclic) bond motifs is 2. The molecule has 0 saturated heterocycles. The Morgan fingerprint density at radius 1 is 1.34 bits per heavy atom. The van der Waals surface area contributed by atoms with Crippen LogP contribution in [0.5, 0.6) is 0 Å². The maximum Gasteiger partial charge on any atom is 0.315 e. The average Bonchev–Trinajstić information content (AvgIpc) is 3.28. The summed E-state index contributed by atoms with van der Waals surface area (Å²) in [5, 5.41) is 3.77. The molecule has 0 radical (unpaired) electrons. The number of nitrogens with zero attached hydrogens (tertiary/aromatic N) is 3. The topological polar surface area (TPSA) is 103 Å². The van der Waals surface area contributed by atoms with Crippen molar-refractivity contribution in [2.45, 2.75) is 38.6 Å². The Morgan fingerprint density at radius 3 is 3.00 bits per heavy atom. The molecule has 0 aliphatic heterocycles. The van der Waals surface area contributed by atoms with Crippen LogP contribution < -0.4 is 10.9 Å². The molecule has 2 aromatic heterocycles. The van der Waals surface area contributed by atoms with Crippen molar-refractivity contribution in [2.24, 2.45) is 0 Å². The standard InChI is InChI=1S/C20H20N4O4S/c1-2-28-19(27)13-7-8-15-17(13)23-20(29-15)22-16(25)9-10-24-11-21-14-6-4-3-5-12(14)18(24)26/h3-6,11,13H,2,7-10H2,1H3,(H,22,23,25). The first-order chi connectivity index (χ1) is 14.1. The van der Waals surface area contributed by atoms with Crippen LogP contribution in [-0.2, 0) is 27.3 Å². The molecule has 150 valence electrons. The minimum atomic E-state index is -0.353. The third kappa shape index (κ3) is 3.91. The number of nitrogens with one attached hydrogen (secondary N) is 1. The number of aryl methyl sites for hydroxylation is 2. The molecule has 0 bridgehead atoms. The zero-order valence-corrected chi connectivity index (χ0v) is 16.7. The van der Waals surface area contributed by atoms with E-state index in [9.17, 15) is 14.4 Å². The van der Waals surface area contributed by atoms with Crippen molar-refractivity contribution in [3.63, 3.8) is 0 Å². The van der Waals surface area contributed by atoms with Gasteiger partial charge in [-0.05, 0) is 31.9 Å². The first kappa shape index (κ1) is 19.3. The molecule has 4 rings (SSSR count). The predicted octanol–water partition coefficient (Wildman–Crippen LogP) is 2.47. The van der Waals surface area contributed by atoms with E-state index >= 15 is 0 Å². The SMILES string of the molecule is CCOC(=O)C1CCc2sc(NC(=O)CCn3cnc4ccccc4c3=O)nc21. The number of carbonyl (C=O) groups excluding carboxylic acids is 2. The monoisotopic (exact) mass is 412 g/mol. The fourth-order valence-electron chi connectivity index (χ4n) is 3.42. The summed E-state index contributed by atoms with van der Waals surface area (Å²) in [6.45, 7) is 2.33. The third-order valence-corrected chi connectivity index (χ3v) is 5.89. The number of hydrogen-bond donors (Lipinski definition) is 1. The van der Waals surface area contributed by atoms with Gasteiger partial charge in [-0.1, -0.05) is 12.1 Å². The van der Waals surface area contributed by atoms with Gasteiger partial charge in [0.1, 0.15) is 5.92 Å². The zero-order chi connectivity index (χ0) is 20.4. The molecule has 8 nitrogen and oxygen atoms in total. The Balaban J connectivity index is 1.40. The molecule has 1 aliphatic carbocycles. The fraction of sp³-hybridized carbons (Fsp3) is 0.350. The lowest BCUT2D eigenvalue weighted by atomic mass is 10.1. The van der Waals surface area contributed by atoms with Gasteiger partial charge in [0.2, 0.25) is 5.91 Å². The van der Waals surface area contributed by atoms with Crippen molar-refractivity contribution in [1.82, 2.24) is 14.5 Å². The maximum absolute atomic E-state index is 12.5. The van der Waals surface area contributed by atoms with Crippen molar-refractivity contribution in [3.8, 4) is 0 Å². The van der Waals surface area contributed by atoms with Gasteiger partial charge < -0.3 is 10.1 Å². The Morgan fingerprint density at radius 2 is 2.17 bits per heavy atom. The van der Waals surface area contributed by atoms with Gasteiger partial charge in [-0.3, -0.25) is 19.0 Å². The molecule has 1 unspecified atom stereocenters. The lowest BCUT2D eigenvalue weighted by Gasteiger charge is -2.08. The molecule has 9 heteroatoms. The lowest BCUT2D eigenvalue weighted by Crippen LogP contribution is -2.23. The number of amides is 1. The van der Waals surface area contributed by atoms with E-state index < -0.39 is 0 Å². The van der Waals surface area contributed by atoms with Crippen molar-refractivity contribution in [1.29, 1.82) is 0 Å². The summed E-state index contributed by atoms with van der Waals surface area (Å²) < 4.78 is 6.53. The number of carbonyl (C=O) groups is 2. The van der Waals surface area contributed by atoms with E-state index in [1.807, 2.05) is 6.07 Å². The van der Waals surface area contributed by atoms with Gasteiger partial charge in [0, 0.05) is 17.8 Å². The summed E-state index contributed by atoms with van der Waals surface area (Å²) in [6.07, 6.45) is 3.02. The summed E-state index contributed by atoms with van der Waals surface area (Å²) in [7, 11) is 0. The summed E-state index contributed by atoms with van der Waals surface area (Å²) in [5.41, 5.74) is 1.17. The number of thiazole rings is 1. The molecule has 1 aliphatic rings. The van der Waals surface area contributed by atoms with Crippen LogP contribution >= 0.6 is 11.3 Å². The maximum atomic E-state index is 12.5. The summed E-state index contributed by atoms with van der Waals surface area (Å²) in [6, 6.07) is 7.11. The lowest BCUT2D eigenvalue weighted by molar-refractivity contribution is -0.145. The van der Waals surface area contributed by atoms with E-state index in [1.165, 1.54) is 22.2 Å². The van der Waals surface area contributed by atoms with Crippen LogP contribution in [0.15, 0.2) is 35.4 Å². The van der Waals surface area contributed by atoms with E-state index in [0.717, 1.165) is 11.3 Å². The minimum Gasteiger partial charge on any atom is -0.465 e. The van der Waals surface area contributed by atoms with Gasteiger partial charge >= 0.3 is 5.97 Å². The molecule has 1 aromatic carbocycles. The molecule has 29 heavy (non-hydrogen) atoms. The highest BCUT2D eigenvalue weighted by molar-refractivity contribution is 7.16. The van der Waals surface area contributed by atoms with Crippen molar-refractivity contribution in [2.75, 3.05) is 11.9 Å². The van der Waals surface area contributed by atoms with Crippen LogP contribution in [0.25, 0.3) is 10.9 Å². The van der Waals surface area contributed by atoms with E-state index in [0.29, 0.717) is 34.8 Å². The predicted molar refractivity (Wildman–Crippen MR) is 109 cm³/mol. The molecular weight excluding hydrogens is 392 g/mol. The van der Waals surface area contributed by atoms with Crippen LogP contribution in [0.4, 0.5) is 5.13 Å². The second-order valence-corrected chi connectivity index (χ2v) is 7.81. The number of ether oxygens (including phenoxy) is 1. The highest BCUT2D eigenvalue weighted by Gasteiger charge is 2.33. The largest absolute Gasteiger partial charge is 0.465 e. The number of aromatic nitrogens is 3. The van der Waals surface area contributed by atoms with Gasteiger partial charge in [-0.25, -0.2) is 9.97 Å². The number of rotatable bonds is 6. The Labute approximate surface area is 170 Å². The summed E-state index contributed by atoms with van der Waals surface area (Å²) >= 11 is 1.38. The summed E-state index contributed by atoms with van der Waals surface area (Å²) in [4.78, 5) is 46.6. The highest BCUT2D eigenvalue weighted by Crippen LogP contribution is 2.38. The quantitative estimate of drug-likeness (QED) is 0.624. The molecule has 0 fully saturated rings. The fourth-order valence-corrected chi connectivity index (χ4v) is 4.48. The van der Waals surface area contributed by atoms with Gasteiger partial charge in [0.05, 0.1) is 29.5 Å². The number of anilines is 1. The average molecular weight is 412 g/mol. The van der Waals surface area contributed by atoms with Crippen molar-refractivity contribution in [3.05, 3.63) is 51.5 Å². The number of para-hydroxylation sites is 1. The highest BCUT2D eigenvalue weighted by atomic mass is 32.1. The molecule has 2 heterocycles. The minimum absolute atomic E-state index is 0.117. The van der Waals surface area contributed by atoms with Gasteiger partial charge in [0.25, 0.3) is 5.56 Å². The van der Waals surface area contributed by atoms with Crippen LogP contribution in [0, 0.1) is 0 Å². The molecule has 1 N–H and O–H groups in total. The van der Waals surface area contributed by atoms with E-state index in [-0.39, 0.29) is 36.3 Å². The van der Waals surface area contributed by atoms with Gasteiger partial charge in [-0.2, -0.15) is 0 Å². The second-order valence-electron chi connectivity index (χ2n) is 6.73. The van der Waals surface area contributed by atoms with E-state index in [1.54, 1.807) is 25.1 Å². The second kappa shape index (κ2) is 8.12. The Bertz CT molecular complexity index is 1140. The zero-order valence-electron chi connectivity index (χ0n) is 15.9. The molecular formula is C20H20N4O4S. The van der Waals surface area contributed by atoms with Gasteiger partial charge in [-0.15, -0.1) is 11.3 Å². The molecule has 0 saturated carbocycles. The number of hydrogen-bond acceptors (Lipinski definition) is 7. The van der Waals surface area contributed by atoms with Crippen LogP contribution in [0.3, 0.4) is 0 Å². The van der Waals surface area contributed by atoms with Crippen LogP contribution in [-0.4, -0.2) is 33.0 Å². The number of benzene rings is 1. The van der Waals surface area contributed by atoms with E-state index in [4.69, 9.17) is 4.74 Å². The Kier molecular flexibility index (Phi) is 5.39. The third-order valence-electron chi connectivity index (χ3n) is 4.85. The molecule has 0 spiro atoms. The first-order valence-corrected chi connectivity index (χ1v) is 10.3. The van der Waals surface area contributed by atoms with Crippen LogP contribution in [0.1, 0.15) is 36.3 Å². The first-order valence-electron chi connectivity index (χ1n) is 9.47. The smallest absolute Gasteiger partial charge is 0.315 e. The van der Waals surface area contributed by atoms with Crippen LogP contribution in [0.2, 0.25) is 0 Å². The molecule has 3 aromatic rings. The van der Waals surface area contributed by atoms with E-state index in [2.05, 4.69) is 15.3 Å². The van der Waals surface area contributed by atoms with Crippen molar-refractivity contribution >= 4 is 39.2 Å². The molecule has 1 amide bonds. The normalized spacial score (nSPS) is 15.3. The van der Waals surface area contributed by atoms with Gasteiger partial charge in [0.15, 0.2) is 5.13 Å². The Hall–Kier alpha value is -3.07. The summed E-state index contributed by atoms with van der Waals surface area (Å²) in [5.74, 6) is -0.864. The molecule has 1 atom stereocenters.